The highest BCUT2D eigenvalue weighted by Gasteiger charge is 2.69. The summed E-state index contributed by atoms with van der Waals surface area (Å²) in [5.74, 6) is 7.79. The zero-order valence-electron chi connectivity index (χ0n) is 13.0. The maximum Gasteiger partial charge on any atom is 0.0252 e. The first-order valence-electron chi connectivity index (χ1n) is 9.02. The van der Waals surface area contributed by atoms with Crippen LogP contribution in [0.1, 0.15) is 46.0 Å². The summed E-state index contributed by atoms with van der Waals surface area (Å²) < 4.78 is 0. The van der Waals surface area contributed by atoms with Crippen LogP contribution in [0.25, 0.3) is 0 Å². The van der Waals surface area contributed by atoms with E-state index in [4.69, 9.17) is 11.5 Å². The number of nitrogens with two attached hydrogens (primary N) is 2. The van der Waals surface area contributed by atoms with E-state index < -0.39 is 0 Å². The highest BCUT2D eigenvalue weighted by Crippen LogP contribution is 2.72. The van der Waals surface area contributed by atoms with Gasteiger partial charge >= 0.3 is 0 Å². The van der Waals surface area contributed by atoms with Gasteiger partial charge in [-0.1, -0.05) is 13.8 Å². The molecule has 0 saturated heterocycles. The van der Waals surface area contributed by atoms with E-state index in [9.17, 15) is 0 Å². The second-order valence-electron chi connectivity index (χ2n) is 9.47. The minimum absolute atomic E-state index is 0.266. The Kier molecular flexibility index (Phi) is 2.26. The fraction of sp³-hybridized carbons (Fsp3) is 1.00. The molecule has 5 saturated carbocycles. The minimum atomic E-state index is 0.266. The van der Waals surface area contributed by atoms with Crippen LogP contribution in [0.2, 0.25) is 0 Å². The van der Waals surface area contributed by atoms with Gasteiger partial charge in [-0.25, -0.2) is 0 Å². The van der Waals surface area contributed by atoms with Crippen LogP contribution >= 0.6 is 0 Å². The van der Waals surface area contributed by atoms with E-state index in [1.807, 2.05) is 0 Å². The number of hydrogen-bond donors (Lipinski definition) is 2. The molecule has 0 aromatic carbocycles. The van der Waals surface area contributed by atoms with E-state index in [-0.39, 0.29) is 6.04 Å². The molecule has 5 rings (SSSR count). The monoisotopic (exact) mass is 274 g/mol. The van der Waals surface area contributed by atoms with Crippen LogP contribution in [0.15, 0.2) is 0 Å². The first-order chi connectivity index (χ1) is 9.50. The lowest BCUT2D eigenvalue weighted by atomic mass is 9.41. The average molecular weight is 274 g/mol. The van der Waals surface area contributed by atoms with E-state index in [2.05, 4.69) is 13.8 Å². The smallest absolute Gasteiger partial charge is 0.0252 e. The highest BCUT2D eigenvalue weighted by atomic mass is 14.9. The van der Waals surface area contributed by atoms with Gasteiger partial charge in [-0.05, 0) is 84.9 Å². The van der Waals surface area contributed by atoms with Gasteiger partial charge in [0, 0.05) is 12.1 Å². The summed E-state index contributed by atoms with van der Waals surface area (Å²) in [6.45, 7) is 4.96. The summed E-state index contributed by atoms with van der Waals surface area (Å²) in [7, 11) is 0. The number of rotatable bonds is 0. The van der Waals surface area contributed by atoms with Crippen LogP contribution < -0.4 is 11.5 Å². The van der Waals surface area contributed by atoms with Gasteiger partial charge in [0.05, 0.1) is 0 Å². The standard InChI is InChI=1S/C18H30N2/c1-8-3-9-5-11-14(9)10(4-8)6-13-15(11)12-7-18(13,2)17(20)16(12)19/h8-17H,3-7,19-20H2,1-2H3. The topological polar surface area (TPSA) is 52.0 Å². The van der Waals surface area contributed by atoms with Gasteiger partial charge in [-0.15, -0.1) is 0 Å². The Balaban J connectivity index is 1.51. The van der Waals surface area contributed by atoms with Crippen LogP contribution in [0.5, 0.6) is 0 Å². The zero-order valence-corrected chi connectivity index (χ0v) is 13.0. The minimum Gasteiger partial charge on any atom is -0.326 e. The third-order valence-electron chi connectivity index (χ3n) is 8.77. The Morgan fingerprint density at radius 2 is 1.60 bits per heavy atom. The van der Waals surface area contributed by atoms with E-state index in [1.165, 1.54) is 32.1 Å². The largest absolute Gasteiger partial charge is 0.326 e. The average Bonchev–Trinajstić information content (AvgIpc) is 2.78. The zero-order chi connectivity index (χ0) is 13.8. The van der Waals surface area contributed by atoms with Crippen molar-refractivity contribution in [1.82, 2.24) is 0 Å². The molecular formula is C18H30N2. The summed E-state index contributed by atoms with van der Waals surface area (Å²) in [5, 5.41) is 0. The second kappa shape index (κ2) is 3.63. The lowest BCUT2D eigenvalue weighted by molar-refractivity contribution is -0.148. The molecule has 0 aromatic rings. The van der Waals surface area contributed by atoms with Gasteiger partial charge in [0.1, 0.15) is 0 Å². The van der Waals surface area contributed by atoms with E-state index in [0.717, 1.165) is 47.3 Å². The predicted octanol–water partition coefficient (Wildman–Crippen LogP) is 2.62. The Hall–Kier alpha value is -0.0800. The summed E-state index contributed by atoms with van der Waals surface area (Å²) >= 11 is 0. The predicted molar refractivity (Wildman–Crippen MR) is 80.7 cm³/mol. The van der Waals surface area contributed by atoms with Crippen LogP contribution in [0.3, 0.4) is 0 Å². The van der Waals surface area contributed by atoms with Gasteiger partial charge < -0.3 is 11.5 Å². The molecule has 20 heavy (non-hydrogen) atoms. The SMILES string of the molecule is CC1CC2CC3C2C(C1)CC1C3C2CC1(C)C(N)C2N. The van der Waals surface area contributed by atoms with Gasteiger partial charge in [0.2, 0.25) is 0 Å². The molecule has 0 aliphatic heterocycles. The molecular weight excluding hydrogens is 244 g/mol. The van der Waals surface area contributed by atoms with Crippen LogP contribution in [0.4, 0.5) is 0 Å². The first kappa shape index (κ1) is 12.5. The molecule has 5 aliphatic carbocycles. The fourth-order valence-corrected chi connectivity index (χ4v) is 8.14. The second-order valence-corrected chi connectivity index (χ2v) is 9.47. The first-order valence-corrected chi connectivity index (χ1v) is 9.02. The molecule has 112 valence electrons. The molecule has 5 aliphatic rings. The summed E-state index contributed by atoms with van der Waals surface area (Å²) in [5.41, 5.74) is 13.4. The van der Waals surface area contributed by atoms with Crippen molar-refractivity contribution in [3.8, 4) is 0 Å². The fourth-order valence-electron chi connectivity index (χ4n) is 8.14. The molecule has 0 amide bonds. The van der Waals surface area contributed by atoms with Crippen LogP contribution in [0, 0.1) is 52.8 Å². The van der Waals surface area contributed by atoms with Crippen molar-refractivity contribution in [3.05, 3.63) is 0 Å². The quantitative estimate of drug-likeness (QED) is 0.713. The van der Waals surface area contributed by atoms with Crippen molar-refractivity contribution in [3.63, 3.8) is 0 Å². The highest BCUT2D eigenvalue weighted by molar-refractivity contribution is 5.21. The molecule has 0 radical (unpaired) electrons. The van der Waals surface area contributed by atoms with Crippen molar-refractivity contribution in [2.75, 3.05) is 0 Å². The van der Waals surface area contributed by atoms with Gasteiger partial charge in [0.15, 0.2) is 0 Å². The lowest BCUT2D eigenvalue weighted by Crippen LogP contribution is -2.63. The number of fused-ring (bicyclic) bond motifs is 6. The molecule has 11 unspecified atom stereocenters. The molecule has 4 N–H and O–H groups in total. The third kappa shape index (κ3) is 1.22. The Morgan fingerprint density at radius 3 is 2.35 bits per heavy atom. The molecule has 2 heteroatoms. The van der Waals surface area contributed by atoms with Crippen LogP contribution in [-0.4, -0.2) is 12.1 Å². The summed E-state index contributed by atoms with van der Waals surface area (Å²) in [6.07, 6.45) is 7.37. The maximum atomic E-state index is 6.53. The van der Waals surface area contributed by atoms with Crippen LogP contribution in [-0.2, 0) is 0 Å². The van der Waals surface area contributed by atoms with Crippen molar-refractivity contribution < 1.29 is 0 Å². The Bertz CT molecular complexity index is 449. The van der Waals surface area contributed by atoms with E-state index in [0.29, 0.717) is 11.5 Å². The van der Waals surface area contributed by atoms with Crippen molar-refractivity contribution in [2.45, 2.75) is 58.0 Å². The van der Waals surface area contributed by atoms with Crippen molar-refractivity contribution in [1.29, 1.82) is 0 Å². The van der Waals surface area contributed by atoms with Gasteiger partial charge in [-0.3, -0.25) is 0 Å². The Labute approximate surface area is 123 Å². The number of hydrogen-bond acceptors (Lipinski definition) is 2. The van der Waals surface area contributed by atoms with Gasteiger partial charge in [-0.2, -0.15) is 0 Å². The molecule has 2 bridgehead atoms. The summed E-state index contributed by atoms with van der Waals surface area (Å²) in [4.78, 5) is 0. The molecule has 11 atom stereocenters. The molecule has 0 heterocycles. The third-order valence-corrected chi connectivity index (χ3v) is 8.77. The molecule has 0 spiro atoms. The molecule has 5 fully saturated rings. The Morgan fingerprint density at radius 1 is 0.900 bits per heavy atom. The van der Waals surface area contributed by atoms with E-state index in [1.54, 1.807) is 0 Å². The molecule has 0 aromatic heterocycles. The summed E-state index contributed by atoms with van der Waals surface area (Å²) in [6, 6.07) is 0.557. The normalized spacial score (nSPS) is 70.2. The maximum absolute atomic E-state index is 6.53. The van der Waals surface area contributed by atoms with E-state index >= 15 is 0 Å². The lowest BCUT2D eigenvalue weighted by Gasteiger charge is -2.64. The molecule has 2 nitrogen and oxygen atoms in total. The van der Waals surface area contributed by atoms with Gasteiger partial charge in [0.25, 0.3) is 0 Å². The van der Waals surface area contributed by atoms with Crippen molar-refractivity contribution >= 4 is 0 Å². The van der Waals surface area contributed by atoms with Crippen molar-refractivity contribution in [2.24, 2.45) is 64.2 Å².